The number of hydrogen-bond acceptors (Lipinski definition) is 4. The van der Waals surface area contributed by atoms with Gasteiger partial charge in [-0.3, -0.25) is 14.4 Å². The first-order valence-electron chi connectivity index (χ1n) is 8.22. The molecular weight excluding hydrogens is 382 g/mol. The van der Waals surface area contributed by atoms with Gasteiger partial charge in [0.05, 0.1) is 5.56 Å². The molecule has 0 saturated carbocycles. The van der Waals surface area contributed by atoms with Crippen molar-refractivity contribution in [3.8, 4) is 0 Å². The minimum Gasteiger partial charge on any atom is -0.357 e. The standard InChI is InChI=1S/C19H16ClN5O3/c1-21-17(26)13-9-10-22-16(13)19(28)24-12-7-5-11(6-8-12)23-18(27)14-3-2-4-15(20)25-14/h2-10,22H,1H3,(H,21,26)(H,23,27)(H,24,28). The van der Waals surface area contributed by atoms with Gasteiger partial charge in [0.15, 0.2) is 0 Å². The quantitative estimate of drug-likeness (QED) is 0.495. The molecule has 0 atom stereocenters. The van der Waals surface area contributed by atoms with Crippen LogP contribution in [-0.4, -0.2) is 34.7 Å². The van der Waals surface area contributed by atoms with E-state index in [0.717, 1.165) is 0 Å². The van der Waals surface area contributed by atoms with Crippen molar-refractivity contribution in [1.29, 1.82) is 0 Å². The first-order valence-corrected chi connectivity index (χ1v) is 8.60. The van der Waals surface area contributed by atoms with Crippen LogP contribution in [0.4, 0.5) is 11.4 Å². The highest BCUT2D eigenvalue weighted by Gasteiger charge is 2.17. The molecule has 3 aromatic rings. The second kappa shape index (κ2) is 8.36. The molecule has 142 valence electrons. The third kappa shape index (κ3) is 4.36. The van der Waals surface area contributed by atoms with E-state index in [-0.39, 0.29) is 28.0 Å². The maximum atomic E-state index is 12.4. The van der Waals surface area contributed by atoms with E-state index in [1.54, 1.807) is 42.5 Å². The van der Waals surface area contributed by atoms with Gasteiger partial charge in [-0.1, -0.05) is 17.7 Å². The van der Waals surface area contributed by atoms with Crippen molar-refractivity contribution in [2.24, 2.45) is 0 Å². The predicted molar refractivity (Wildman–Crippen MR) is 106 cm³/mol. The molecule has 0 spiro atoms. The summed E-state index contributed by atoms with van der Waals surface area (Å²) < 4.78 is 0. The monoisotopic (exact) mass is 397 g/mol. The van der Waals surface area contributed by atoms with Crippen molar-refractivity contribution in [3.63, 3.8) is 0 Å². The second-order valence-electron chi connectivity index (χ2n) is 5.68. The van der Waals surface area contributed by atoms with E-state index in [9.17, 15) is 14.4 Å². The van der Waals surface area contributed by atoms with Crippen molar-refractivity contribution in [2.45, 2.75) is 0 Å². The Labute approximate surface area is 165 Å². The molecule has 8 nitrogen and oxygen atoms in total. The van der Waals surface area contributed by atoms with Gasteiger partial charge in [0.2, 0.25) is 0 Å². The summed E-state index contributed by atoms with van der Waals surface area (Å²) in [5.41, 5.74) is 1.62. The van der Waals surface area contributed by atoms with Crippen LogP contribution < -0.4 is 16.0 Å². The molecule has 28 heavy (non-hydrogen) atoms. The lowest BCUT2D eigenvalue weighted by molar-refractivity contribution is 0.0947. The van der Waals surface area contributed by atoms with E-state index in [1.165, 1.54) is 19.3 Å². The van der Waals surface area contributed by atoms with E-state index in [2.05, 4.69) is 25.9 Å². The van der Waals surface area contributed by atoms with Crippen LogP contribution >= 0.6 is 11.6 Å². The Morgan fingerprint density at radius 1 is 0.893 bits per heavy atom. The number of H-pyrrole nitrogens is 1. The Kier molecular flexibility index (Phi) is 5.71. The molecule has 2 heterocycles. The molecule has 0 aliphatic rings. The van der Waals surface area contributed by atoms with Gasteiger partial charge >= 0.3 is 0 Å². The number of pyridine rings is 1. The zero-order valence-corrected chi connectivity index (χ0v) is 15.5. The zero-order chi connectivity index (χ0) is 20.1. The molecule has 0 radical (unpaired) electrons. The van der Waals surface area contributed by atoms with Crippen LogP contribution in [0.5, 0.6) is 0 Å². The van der Waals surface area contributed by atoms with Crippen LogP contribution in [0.2, 0.25) is 5.15 Å². The number of aromatic nitrogens is 2. The normalized spacial score (nSPS) is 10.2. The Morgan fingerprint density at radius 3 is 2.14 bits per heavy atom. The molecule has 2 aromatic heterocycles. The third-order valence-electron chi connectivity index (χ3n) is 3.79. The summed E-state index contributed by atoms with van der Waals surface area (Å²) in [5, 5.41) is 8.09. The highest BCUT2D eigenvalue weighted by atomic mass is 35.5. The van der Waals surface area contributed by atoms with Gasteiger partial charge in [0, 0.05) is 24.6 Å². The largest absolute Gasteiger partial charge is 0.357 e. The molecule has 0 saturated heterocycles. The smallest absolute Gasteiger partial charge is 0.274 e. The molecule has 0 fully saturated rings. The fourth-order valence-electron chi connectivity index (χ4n) is 2.44. The summed E-state index contributed by atoms with van der Waals surface area (Å²) in [5.74, 6) is -1.22. The number of halogens is 1. The van der Waals surface area contributed by atoms with Crippen LogP contribution in [0, 0.1) is 0 Å². The van der Waals surface area contributed by atoms with Crippen LogP contribution in [0.1, 0.15) is 31.3 Å². The first kappa shape index (κ1) is 19.1. The number of nitrogens with zero attached hydrogens (tertiary/aromatic N) is 1. The summed E-state index contributed by atoms with van der Waals surface area (Å²) in [7, 11) is 1.49. The molecule has 0 bridgehead atoms. The first-order chi connectivity index (χ1) is 13.5. The Bertz CT molecular complexity index is 1030. The molecule has 0 aliphatic carbocycles. The maximum Gasteiger partial charge on any atom is 0.274 e. The number of benzene rings is 1. The van der Waals surface area contributed by atoms with Crippen molar-refractivity contribution < 1.29 is 14.4 Å². The molecule has 0 unspecified atom stereocenters. The third-order valence-corrected chi connectivity index (χ3v) is 4.00. The second-order valence-corrected chi connectivity index (χ2v) is 6.06. The number of amides is 3. The highest BCUT2D eigenvalue weighted by molar-refractivity contribution is 6.29. The molecule has 3 amide bonds. The summed E-state index contributed by atoms with van der Waals surface area (Å²) in [6.07, 6.45) is 1.52. The van der Waals surface area contributed by atoms with Gasteiger partial charge in [-0.25, -0.2) is 4.98 Å². The Balaban J connectivity index is 1.66. The van der Waals surface area contributed by atoms with E-state index in [0.29, 0.717) is 11.4 Å². The van der Waals surface area contributed by atoms with Gasteiger partial charge in [-0.15, -0.1) is 0 Å². The number of aromatic amines is 1. The number of carbonyl (C=O) groups is 3. The van der Waals surface area contributed by atoms with Crippen LogP contribution in [0.15, 0.2) is 54.7 Å². The van der Waals surface area contributed by atoms with Gasteiger partial charge < -0.3 is 20.9 Å². The summed E-state index contributed by atoms with van der Waals surface area (Å²) in [6, 6.07) is 12.8. The average molecular weight is 398 g/mol. The van der Waals surface area contributed by atoms with E-state index >= 15 is 0 Å². The average Bonchev–Trinajstić information content (AvgIpc) is 3.19. The molecule has 0 aliphatic heterocycles. The fraction of sp³-hybridized carbons (Fsp3) is 0.0526. The maximum absolute atomic E-state index is 12.4. The number of nitrogens with one attached hydrogen (secondary N) is 4. The summed E-state index contributed by atoms with van der Waals surface area (Å²) >= 11 is 5.78. The van der Waals surface area contributed by atoms with Crippen LogP contribution in [-0.2, 0) is 0 Å². The van der Waals surface area contributed by atoms with Crippen molar-refractivity contribution >= 4 is 40.7 Å². The zero-order valence-electron chi connectivity index (χ0n) is 14.7. The lowest BCUT2D eigenvalue weighted by atomic mass is 10.2. The summed E-state index contributed by atoms with van der Waals surface area (Å²) in [6.45, 7) is 0. The fourth-order valence-corrected chi connectivity index (χ4v) is 2.61. The van der Waals surface area contributed by atoms with Crippen molar-refractivity contribution in [3.05, 3.63) is 76.8 Å². The van der Waals surface area contributed by atoms with E-state index < -0.39 is 11.8 Å². The molecule has 3 rings (SSSR count). The van der Waals surface area contributed by atoms with Crippen molar-refractivity contribution in [2.75, 3.05) is 17.7 Å². The Hall–Kier alpha value is -3.65. The van der Waals surface area contributed by atoms with Crippen LogP contribution in [0.3, 0.4) is 0 Å². The molecule has 1 aromatic carbocycles. The SMILES string of the molecule is CNC(=O)c1cc[nH]c1C(=O)Nc1ccc(NC(=O)c2cccc(Cl)n2)cc1. The minimum atomic E-state index is -0.455. The van der Waals surface area contributed by atoms with E-state index in [1.807, 2.05) is 0 Å². The van der Waals surface area contributed by atoms with Crippen molar-refractivity contribution in [1.82, 2.24) is 15.3 Å². The molecular formula is C19H16ClN5O3. The van der Waals surface area contributed by atoms with Gasteiger partial charge in [0.1, 0.15) is 16.5 Å². The summed E-state index contributed by atoms with van der Waals surface area (Å²) in [4.78, 5) is 43.0. The lowest BCUT2D eigenvalue weighted by Gasteiger charge is -2.08. The number of hydrogen-bond donors (Lipinski definition) is 4. The number of rotatable bonds is 5. The van der Waals surface area contributed by atoms with Gasteiger partial charge in [-0.2, -0.15) is 0 Å². The predicted octanol–water partition coefficient (Wildman–Crippen LogP) is 2.93. The highest BCUT2D eigenvalue weighted by Crippen LogP contribution is 2.16. The molecule has 9 heteroatoms. The number of anilines is 2. The van der Waals surface area contributed by atoms with E-state index in [4.69, 9.17) is 11.6 Å². The lowest BCUT2D eigenvalue weighted by Crippen LogP contribution is -2.22. The van der Waals surface area contributed by atoms with Crippen LogP contribution in [0.25, 0.3) is 0 Å². The number of carbonyl (C=O) groups excluding carboxylic acids is 3. The van der Waals surface area contributed by atoms with Gasteiger partial charge in [0.25, 0.3) is 17.7 Å². The van der Waals surface area contributed by atoms with Gasteiger partial charge in [-0.05, 0) is 42.5 Å². The molecule has 4 N–H and O–H groups in total. The topological polar surface area (TPSA) is 116 Å². The minimum absolute atomic E-state index is 0.156. The Morgan fingerprint density at radius 2 is 1.54 bits per heavy atom.